The molecule has 2 fully saturated rings. The molecule has 5 atom stereocenters. The predicted octanol–water partition coefficient (Wildman–Crippen LogP) is 7.40. The van der Waals surface area contributed by atoms with E-state index in [2.05, 4.69) is 35.3 Å². The van der Waals surface area contributed by atoms with E-state index < -0.39 is 54.7 Å². The van der Waals surface area contributed by atoms with E-state index in [-0.39, 0.29) is 36.8 Å². The van der Waals surface area contributed by atoms with Gasteiger partial charge in [-0.3, -0.25) is 9.59 Å². The van der Waals surface area contributed by atoms with E-state index in [0.29, 0.717) is 23.9 Å². The SMILES string of the molecule is COC(=O)N[C@H](C(=O)N1CCC[C@H]1c1ncc(-c2ccc(-c3ccc(-c4cnc([C@@H]5CC(CC(F)(F)F)CN5C(=O)[C@@H](NC(=O)OC)C(C)C)[nH]4)cc3)cc2)[nH]1)C(C)C. The van der Waals surface area contributed by atoms with Crippen LogP contribution in [0.5, 0.6) is 0 Å². The number of rotatable bonds is 12. The number of hydrogen-bond donors (Lipinski definition) is 4. The van der Waals surface area contributed by atoms with Crippen LogP contribution in [0.15, 0.2) is 60.9 Å². The van der Waals surface area contributed by atoms with E-state index in [1.54, 1.807) is 31.1 Å². The van der Waals surface area contributed by atoms with Gasteiger partial charge in [0.15, 0.2) is 0 Å². The van der Waals surface area contributed by atoms with Crippen LogP contribution in [0.25, 0.3) is 33.6 Å². The van der Waals surface area contributed by atoms with Crippen molar-refractivity contribution < 1.29 is 41.8 Å². The lowest BCUT2D eigenvalue weighted by molar-refractivity contribution is -0.145. The molecular weight excluding hydrogens is 770 g/mol. The van der Waals surface area contributed by atoms with Crippen LogP contribution in [0.4, 0.5) is 22.8 Å². The molecule has 2 aromatic heterocycles. The number of alkyl carbamates (subject to hydrolysis) is 2. The summed E-state index contributed by atoms with van der Waals surface area (Å²) in [6, 6.07) is 13.0. The molecule has 6 rings (SSSR count). The molecule has 316 valence electrons. The van der Waals surface area contributed by atoms with Crippen molar-refractivity contribution in [3.05, 3.63) is 72.6 Å². The Morgan fingerprint density at radius 2 is 1.17 bits per heavy atom. The lowest BCUT2D eigenvalue weighted by atomic mass is 10.0. The molecule has 2 aromatic carbocycles. The second kappa shape index (κ2) is 18.0. The first-order valence-electron chi connectivity index (χ1n) is 19.7. The van der Waals surface area contributed by atoms with Gasteiger partial charge >= 0.3 is 18.4 Å². The molecule has 0 radical (unpaired) electrons. The number of amides is 4. The van der Waals surface area contributed by atoms with Crippen molar-refractivity contribution in [1.82, 2.24) is 40.4 Å². The van der Waals surface area contributed by atoms with Crippen LogP contribution in [0.3, 0.4) is 0 Å². The number of aromatic amines is 2. The fourth-order valence-electron chi connectivity index (χ4n) is 7.96. The second-order valence-electron chi connectivity index (χ2n) is 15.9. The summed E-state index contributed by atoms with van der Waals surface area (Å²) in [5, 5.41) is 5.20. The Hall–Kier alpha value is -5.87. The Balaban J connectivity index is 1.14. The number of nitrogens with zero attached hydrogens (tertiary/aromatic N) is 4. The molecule has 2 aliphatic rings. The molecule has 4 N–H and O–H groups in total. The Labute approximate surface area is 340 Å². The zero-order valence-electron chi connectivity index (χ0n) is 33.9. The van der Waals surface area contributed by atoms with Gasteiger partial charge < -0.3 is 39.9 Å². The number of nitrogens with one attached hydrogen (secondary N) is 4. The number of aromatic nitrogens is 4. The average Bonchev–Trinajstić information content (AvgIpc) is 4.04. The molecule has 4 amide bonds. The predicted molar refractivity (Wildman–Crippen MR) is 212 cm³/mol. The number of imidazole rings is 2. The first-order valence-corrected chi connectivity index (χ1v) is 19.7. The Kier molecular flexibility index (Phi) is 13.0. The Morgan fingerprint density at radius 3 is 1.61 bits per heavy atom. The summed E-state index contributed by atoms with van der Waals surface area (Å²) < 4.78 is 49.9. The third kappa shape index (κ3) is 9.88. The maximum absolute atomic E-state index is 13.7. The summed E-state index contributed by atoms with van der Waals surface area (Å²) in [7, 11) is 2.44. The number of ether oxygens (including phenoxy) is 2. The molecule has 2 saturated heterocycles. The van der Waals surface area contributed by atoms with Gasteiger partial charge in [0, 0.05) is 19.5 Å². The van der Waals surface area contributed by atoms with Crippen LogP contribution in [-0.2, 0) is 19.1 Å². The first-order chi connectivity index (χ1) is 28.1. The number of methoxy groups -OCH3 is 2. The number of carbonyl (C=O) groups is 4. The van der Waals surface area contributed by atoms with Gasteiger partial charge in [-0.1, -0.05) is 76.2 Å². The highest BCUT2D eigenvalue weighted by molar-refractivity contribution is 5.87. The highest BCUT2D eigenvalue weighted by Crippen LogP contribution is 2.41. The summed E-state index contributed by atoms with van der Waals surface area (Å²) in [6.45, 7) is 7.66. The number of benzene rings is 2. The van der Waals surface area contributed by atoms with Crippen LogP contribution in [-0.4, -0.2) is 99.3 Å². The number of alkyl halides is 3. The second-order valence-corrected chi connectivity index (χ2v) is 15.9. The van der Waals surface area contributed by atoms with Crippen molar-refractivity contribution in [2.45, 2.75) is 83.7 Å². The fourth-order valence-corrected chi connectivity index (χ4v) is 7.96. The van der Waals surface area contributed by atoms with E-state index in [9.17, 15) is 32.3 Å². The summed E-state index contributed by atoms with van der Waals surface area (Å²) in [5.74, 6) is -0.953. The van der Waals surface area contributed by atoms with Crippen molar-refractivity contribution >= 4 is 24.0 Å². The zero-order chi connectivity index (χ0) is 42.6. The minimum Gasteiger partial charge on any atom is -0.453 e. The Bertz CT molecular complexity index is 2100. The average molecular weight is 821 g/mol. The molecule has 59 heavy (non-hydrogen) atoms. The van der Waals surface area contributed by atoms with Gasteiger partial charge in [-0.25, -0.2) is 19.6 Å². The lowest BCUT2D eigenvalue weighted by Gasteiger charge is -2.30. The Morgan fingerprint density at radius 1 is 0.729 bits per heavy atom. The van der Waals surface area contributed by atoms with Crippen molar-refractivity contribution in [2.24, 2.45) is 17.8 Å². The summed E-state index contributed by atoms with van der Waals surface area (Å²) in [4.78, 5) is 70.2. The highest BCUT2D eigenvalue weighted by atomic mass is 19.4. The van der Waals surface area contributed by atoms with E-state index in [0.717, 1.165) is 40.8 Å². The molecule has 1 unspecified atom stereocenters. The van der Waals surface area contributed by atoms with E-state index in [1.165, 1.54) is 19.1 Å². The number of halogens is 3. The van der Waals surface area contributed by atoms with E-state index >= 15 is 0 Å². The van der Waals surface area contributed by atoms with Crippen LogP contribution < -0.4 is 10.6 Å². The molecule has 0 aliphatic carbocycles. The maximum atomic E-state index is 13.7. The van der Waals surface area contributed by atoms with E-state index in [4.69, 9.17) is 4.74 Å². The van der Waals surface area contributed by atoms with Gasteiger partial charge in [0.2, 0.25) is 11.8 Å². The maximum Gasteiger partial charge on any atom is 0.407 e. The number of H-pyrrole nitrogens is 2. The van der Waals surface area contributed by atoms with Gasteiger partial charge in [0.05, 0.1) is 50.1 Å². The van der Waals surface area contributed by atoms with Crippen LogP contribution in [0, 0.1) is 17.8 Å². The number of likely N-dealkylation sites (tertiary alicyclic amines) is 2. The van der Waals surface area contributed by atoms with Crippen molar-refractivity contribution in [2.75, 3.05) is 27.3 Å². The van der Waals surface area contributed by atoms with Gasteiger partial charge in [-0.05, 0) is 59.3 Å². The minimum atomic E-state index is -4.40. The van der Waals surface area contributed by atoms with Crippen molar-refractivity contribution in [3.63, 3.8) is 0 Å². The smallest absolute Gasteiger partial charge is 0.407 e. The molecular formula is C42H51F3N8O6. The molecule has 2 aliphatic heterocycles. The normalized spacial score (nSPS) is 19.2. The van der Waals surface area contributed by atoms with Gasteiger partial charge in [-0.15, -0.1) is 0 Å². The fraction of sp³-hybridized carbons (Fsp3) is 0.476. The monoisotopic (exact) mass is 820 g/mol. The molecule has 14 nitrogen and oxygen atoms in total. The minimum absolute atomic E-state index is 0.0592. The van der Waals surface area contributed by atoms with Crippen LogP contribution in [0.2, 0.25) is 0 Å². The topological polar surface area (TPSA) is 175 Å². The van der Waals surface area contributed by atoms with Crippen LogP contribution in [0.1, 0.15) is 77.1 Å². The van der Waals surface area contributed by atoms with Crippen molar-refractivity contribution in [3.8, 4) is 33.6 Å². The zero-order valence-corrected chi connectivity index (χ0v) is 33.9. The standard InChI is InChI=1S/C42H51F3N8O6/c1-23(2)34(50-40(56)58-5)38(54)52-17-7-8-32(52)36-46-20-30(48-36)28-13-9-26(10-14-28)27-11-15-29(16-12-27)31-21-47-37(49-31)33-18-25(19-42(43,44)45)22-53(33)39(55)35(24(3)4)51-41(57)59-6/h9-16,20-21,23-25,32-35H,7-8,17-19,22H2,1-6H3,(H,46,48)(H,47,49)(H,50,56)(H,51,57)/t25?,32-,33-,34-,35-/m0/s1. The van der Waals surface area contributed by atoms with Gasteiger partial charge in [-0.2, -0.15) is 13.2 Å². The summed E-state index contributed by atoms with van der Waals surface area (Å²) in [5.41, 5.74) is 5.06. The van der Waals surface area contributed by atoms with Crippen LogP contribution >= 0.6 is 0 Å². The largest absolute Gasteiger partial charge is 0.453 e. The van der Waals surface area contributed by atoms with E-state index in [1.807, 2.05) is 62.4 Å². The molecule has 4 heterocycles. The number of hydrogen-bond acceptors (Lipinski definition) is 8. The summed E-state index contributed by atoms with van der Waals surface area (Å²) in [6.07, 6.45) is -1.92. The highest BCUT2D eigenvalue weighted by Gasteiger charge is 2.45. The summed E-state index contributed by atoms with van der Waals surface area (Å²) >= 11 is 0. The molecule has 0 bridgehead atoms. The number of carbonyl (C=O) groups excluding carboxylic acids is 4. The van der Waals surface area contributed by atoms with Gasteiger partial charge in [0.25, 0.3) is 0 Å². The van der Waals surface area contributed by atoms with Crippen molar-refractivity contribution in [1.29, 1.82) is 0 Å². The molecule has 0 saturated carbocycles. The van der Waals surface area contributed by atoms with Gasteiger partial charge in [0.1, 0.15) is 23.7 Å². The molecule has 4 aromatic rings. The first kappa shape index (κ1) is 42.7. The molecule has 0 spiro atoms. The quantitative estimate of drug-likeness (QED) is 0.114. The third-order valence-electron chi connectivity index (χ3n) is 11.1. The third-order valence-corrected chi connectivity index (χ3v) is 11.1. The molecule has 17 heteroatoms. The lowest BCUT2D eigenvalue weighted by Crippen LogP contribution is -2.51.